The maximum atomic E-state index is 11.9. The fraction of sp³-hybridized carbons (Fsp3) is 0.556. The summed E-state index contributed by atoms with van der Waals surface area (Å²) in [5, 5.41) is 12.8. The van der Waals surface area contributed by atoms with Crippen molar-refractivity contribution in [3.63, 3.8) is 0 Å². The van der Waals surface area contributed by atoms with Crippen LogP contribution in [0.5, 0.6) is 0 Å². The summed E-state index contributed by atoms with van der Waals surface area (Å²) in [7, 11) is 0. The molecule has 2 heterocycles. The van der Waals surface area contributed by atoms with Crippen LogP contribution < -0.4 is 0 Å². The van der Waals surface area contributed by atoms with Gasteiger partial charge in [0.25, 0.3) is 0 Å². The predicted molar refractivity (Wildman–Crippen MR) is 54.0 cm³/mol. The lowest BCUT2D eigenvalue weighted by atomic mass is 10.2. The van der Waals surface area contributed by atoms with Crippen molar-refractivity contribution in [2.24, 2.45) is 0 Å². The van der Waals surface area contributed by atoms with E-state index in [4.69, 9.17) is 9.84 Å². The molecule has 0 radical (unpaired) electrons. The molecule has 0 aliphatic carbocycles. The molecule has 1 aliphatic rings. The molecule has 1 aliphatic heterocycles. The first kappa shape index (κ1) is 11.5. The van der Waals surface area contributed by atoms with Gasteiger partial charge in [-0.25, -0.2) is 14.5 Å². The van der Waals surface area contributed by atoms with Crippen LogP contribution in [0.25, 0.3) is 0 Å². The van der Waals surface area contributed by atoms with Gasteiger partial charge in [-0.3, -0.25) is 4.79 Å². The summed E-state index contributed by atoms with van der Waals surface area (Å²) in [5.41, 5.74) is 0. The van der Waals surface area contributed by atoms with Crippen LogP contribution >= 0.6 is 0 Å². The molecule has 0 spiro atoms. The van der Waals surface area contributed by atoms with Gasteiger partial charge in [0, 0.05) is 6.54 Å². The molecule has 8 nitrogen and oxygen atoms in total. The number of hydrogen-bond acceptors (Lipinski definition) is 5. The van der Waals surface area contributed by atoms with Crippen LogP contribution in [-0.2, 0) is 20.9 Å². The Kier molecular flexibility index (Phi) is 3.33. The molecule has 1 unspecified atom stereocenters. The molecule has 0 aromatic carbocycles. The third-order valence-corrected chi connectivity index (χ3v) is 2.50. The van der Waals surface area contributed by atoms with E-state index in [1.54, 1.807) is 0 Å². The molecule has 8 heteroatoms. The van der Waals surface area contributed by atoms with Crippen LogP contribution in [-0.4, -0.2) is 62.4 Å². The Balaban J connectivity index is 2.03. The number of rotatable bonds is 3. The number of nitrogens with zero attached hydrogens (tertiary/aromatic N) is 4. The van der Waals surface area contributed by atoms with Crippen molar-refractivity contribution in [2.75, 3.05) is 19.8 Å². The maximum Gasteiger partial charge on any atom is 0.328 e. The summed E-state index contributed by atoms with van der Waals surface area (Å²) in [6, 6.07) is -0.917. The third-order valence-electron chi connectivity index (χ3n) is 2.50. The molecule has 1 amide bonds. The van der Waals surface area contributed by atoms with Crippen LogP contribution in [0.3, 0.4) is 0 Å². The quantitative estimate of drug-likeness (QED) is 0.697. The molecule has 1 N–H and O–H groups in total. The van der Waals surface area contributed by atoms with Crippen LogP contribution in [0.4, 0.5) is 0 Å². The minimum atomic E-state index is -1.06. The molecule has 92 valence electrons. The fourth-order valence-corrected chi connectivity index (χ4v) is 1.65. The molecule has 0 bridgehead atoms. The summed E-state index contributed by atoms with van der Waals surface area (Å²) in [6.07, 6.45) is 2.73. The van der Waals surface area contributed by atoms with Gasteiger partial charge >= 0.3 is 5.97 Å². The number of aliphatic carboxylic acids is 1. The summed E-state index contributed by atoms with van der Waals surface area (Å²) >= 11 is 0. The van der Waals surface area contributed by atoms with Crippen molar-refractivity contribution in [3.05, 3.63) is 12.7 Å². The zero-order chi connectivity index (χ0) is 12.3. The number of morpholine rings is 1. The van der Waals surface area contributed by atoms with E-state index in [-0.39, 0.29) is 25.6 Å². The standard InChI is InChI=1S/C9H12N4O4/c14-8(3-12-6-10-5-11-12)13-1-2-17-4-7(13)9(15)16/h5-7H,1-4H2,(H,15,16). The highest BCUT2D eigenvalue weighted by Gasteiger charge is 2.32. The smallest absolute Gasteiger partial charge is 0.328 e. The molecule has 17 heavy (non-hydrogen) atoms. The van der Waals surface area contributed by atoms with Crippen LogP contribution in [0.1, 0.15) is 0 Å². The highest BCUT2D eigenvalue weighted by atomic mass is 16.5. The van der Waals surface area contributed by atoms with Crippen molar-refractivity contribution < 1.29 is 19.4 Å². The lowest BCUT2D eigenvalue weighted by Crippen LogP contribution is -2.53. The van der Waals surface area contributed by atoms with E-state index in [0.29, 0.717) is 6.61 Å². The highest BCUT2D eigenvalue weighted by molar-refractivity contribution is 5.83. The maximum absolute atomic E-state index is 11.9. The molecule has 1 aromatic rings. The van der Waals surface area contributed by atoms with Crippen molar-refractivity contribution in [1.82, 2.24) is 19.7 Å². The van der Waals surface area contributed by atoms with E-state index < -0.39 is 12.0 Å². The number of hydrogen-bond donors (Lipinski definition) is 1. The number of carboxylic acids is 1. The Bertz CT molecular complexity index is 405. The van der Waals surface area contributed by atoms with Crippen LogP contribution in [0.2, 0.25) is 0 Å². The van der Waals surface area contributed by atoms with Crippen molar-refractivity contribution in [1.29, 1.82) is 0 Å². The number of carbonyl (C=O) groups is 2. The first-order valence-corrected chi connectivity index (χ1v) is 5.11. The first-order valence-electron chi connectivity index (χ1n) is 5.11. The SMILES string of the molecule is O=C(O)C1COCCN1C(=O)Cn1cncn1. The molecule has 1 aromatic heterocycles. The zero-order valence-electron chi connectivity index (χ0n) is 9.02. The first-order chi connectivity index (χ1) is 8.18. The van der Waals surface area contributed by atoms with Crippen molar-refractivity contribution in [3.8, 4) is 0 Å². The number of amides is 1. The molecule has 1 fully saturated rings. The Hall–Kier alpha value is -1.96. The molecule has 0 saturated carbocycles. The normalized spacial score (nSPS) is 20.2. The topological polar surface area (TPSA) is 97.6 Å². The van der Waals surface area contributed by atoms with Gasteiger partial charge in [-0.2, -0.15) is 5.10 Å². The summed E-state index contributed by atoms with van der Waals surface area (Å²) in [5.74, 6) is -1.36. The van der Waals surface area contributed by atoms with Crippen LogP contribution in [0.15, 0.2) is 12.7 Å². The summed E-state index contributed by atoms with van der Waals surface area (Å²) < 4.78 is 6.41. The Labute approximate surface area is 96.8 Å². The van der Waals surface area contributed by atoms with E-state index in [2.05, 4.69) is 10.1 Å². The van der Waals surface area contributed by atoms with Crippen LogP contribution in [0, 0.1) is 0 Å². The van der Waals surface area contributed by atoms with Gasteiger partial charge in [0.05, 0.1) is 13.2 Å². The highest BCUT2D eigenvalue weighted by Crippen LogP contribution is 2.08. The van der Waals surface area contributed by atoms with E-state index in [1.807, 2.05) is 0 Å². The number of aromatic nitrogens is 3. The largest absolute Gasteiger partial charge is 0.480 e. The van der Waals surface area contributed by atoms with Gasteiger partial charge in [0.1, 0.15) is 19.2 Å². The number of carbonyl (C=O) groups excluding carboxylic acids is 1. The second-order valence-electron chi connectivity index (χ2n) is 3.61. The predicted octanol–water partition coefficient (Wildman–Crippen LogP) is -1.41. The molecule has 1 atom stereocenters. The van der Waals surface area contributed by atoms with Gasteiger partial charge in [0.15, 0.2) is 6.04 Å². The van der Waals surface area contributed by atoms with Crippen molar-refractivity contribution >= 4 is 11.9 Å². The van der Waals surface area contributed by atoms with Gasteiger partial charge in [-0.1, -0.05) is 0 Å². The lowest BCUT2D eigenvalue weighted by molar-refractivity contribution is -0.158. The fourth-order valence-electron chi connectivity index (χ4n) is 1.65. The van der Waals surface area contributed by atoms with Gasteiger partial charge in [0.2, 0.25) is 5.91 Å². The average molecular weight is 240 g/mol. The summed E-state index contributed by atoms with van der Waals surface area (Å²) in [4.78, 5) is 27.9. The number of ether oxygens (including phenoxy) is 1. The van der Waals surface area contributed by atoms with E-state index in [1.165, 1.54) is 22.2 Å². The Morgan fingerprint density at radius 1 is 1.53 bits per heavy atom. The molecule has 1 saturated heterocycles. The van der Waals surface area contributed by atoms with E-state index >= 15 is 0 Å². The third kappa shape index (κ3) is 2.59. The Morgan fingerprint density at radius 2 is 2.35 bits per heavy atom. The summed E-state index contributed by atoms with van der Waals surface area (Å²) in [6.45, 7) is 0.652. The van der Waals surface area contributed by atoms with Gasteiger partial charge in [-0.05, 0) is 0 Å². The van der Waals surface area contributed by atoms with E-state index in [0.717, 1.165) is 0 Å². The second-order valence-corrected chi connectivity index (χ2v) is 3.61. The minimum absolute atomic E-state index is 0.0101. The lowest BCUT2D eigenvalue weighted by Gasteiger charge is -2.32. The minimum Gasteiger partial charge on any atom is -0.480 e. The average Bonchev–Trinajstić information content (AvgIpc) is 2.81. The van der Waals surface area contributed by atoms with Crippen molar-refractivity contribution in [2.45, 2.75) is 12.6 Å². The molecular formula is C9H12N4O4. The molecule has 2 rings (SSSR count). The van der Waals surface area contributed by atoms with Gasteiger partial charge < -0.3 is 14.7 Å². The van der Waals surface area contributed by atoms with E-state index in [9.17, 15) is 9.59 Å². The Morgan fingerprint density at radius 3 is 3.00 bits per heavy atom. The second kappa shape index (κ2) is 4.91. The number of carboxylic acid groups (broad SMARTS) is 1. The monoisotopic (exact) mass is 240 g/mol. The molecular weight excluding hydrogens is 228 g/mol. The zero-order valence-corrected chi connectivity index (χ0v) is 9.02. The van der Waals surface area contributed by atoms with Gasteiger partial charge in [-0.15, -0.1) is 0 Å².